The van der Waals surface area contributed by atoms with Crippen molar-refractivity contribution in [3.05, 3.63) is 35.9 Å². The fraction of sp³-hybridized carbons (Fsp3) is 0.467. The van der Waals surface area contributed by atoms with Gasteiger partial charge in [0.15, 0.2) is 0 Å². The van der Waals surface area contributed by atoms with Crippen molar-refractivity contribution in [3.63, 3.8) is 0 Å². The predicted molar refractivity (Wildman–Crippen MR) is 78.1 cm³/mol. The van der Waals surface area contributed by atoms with Crippen LogP contribution in [0.1, 0.15) is 31.7 Å². The van der Waals surface area contributed by atoms with Gasteiger partial charge in [-0.15, -0.1) is 0 Å². The topological polar surface area (TPSA) is 60.2 Å². The number of furan rings is 1. The molecule has 0 amide bonds. The Kier molecular flexibility index (Phi) is 4.98. The molecule has 0 bridgehead atoms. The van der Waals surface area contributed by atoms with E-state index in [9.17, 15) is 0 Å². The molecule has 0 aromatic carbocycles. The highest BCUT2D eigenvalue weighted by Crippen LogP contribution is 2.14. The van der Waals surface area contributed by atoms with Crippen LogP contribution in [0.5, 0.6) is 5.88 Å². The van der Waals surface area contributed by atoms with Gasteiger partial charge in [-0.3, -0.25) is 0 Å². The number of nitrogens with one attached hydrogen (secondary N) is 1. The van der Waals surface area contributed by atoms with Gasteiger partial charge in [0.2, 0.25) is 11.8 Å². The molecule has 0 saturated carbocycles. The predicted octanol–water partition coefficient (Wildman–Crippen LogP) is 3.21. The lowest BCUT2D eigenvalue weighted by molar-refractivity contribution is 0.305. The Balaban J connectivity index is 1.98. The van der Waals surface area contributed by atoms with E-state index in [1.807, 2.05) is 25.1 Å². The van der Waals surface area contributed by atoms with Crippen LogP contribution < -0.4 is 10.1 Å². The molecule has 2 aromatic rings. The van der Waals surface area contributed by atoms with Gasteiger partial charge in [0.25, 0.3) is 0 Å². The molecule has 5 heteroatoms. The zero-order valence-corrected chi connectivity index (χ0v) is 12.2. The Morgan fingerprint density at radius 2 is 2.25 bits per heavy atom. The summed E-state index contributed by atoms with van der Waals surface area (Å²) in [5.41, 5.74) is 0.888. The smallest absolute Gasteiger partial charge is 0.226 e. The van der Waals surface area contributed by atoms with Crippen molar-refractivity contribution >= 4 is 5.95 Å². The zero-order chi connectivity index (χ0) is 14.4. The standard InChI is InChI=1S/C15H21N3O2/c1-4-7-20-14-10-12(3)17-15(18-14)16-11(2)9-13-6-5-8-19-13/h5-6,8,10-11H,4,7,9H2,1-3H3,(H,16,17,18). The molecule has 2 rings (SSSR count). The highest BCUT2D eigenvalue weighted by molar-refractivity contribution is 5.31. The Morgan fingerprint density at radius 3 is 2.95 bits per heavy atom. The summed E-state index contributed by atoms with van der Waals surface area (Å²) in [6, 6.07) is 5.88. The average molecular weight is 275 g/mol. The fourth-order valence-electron chi connectivity index (χ4n) is 1.89. The fourth-order valence-corrected chi connectivity index (χ4v) is 1.89. The second kappa shape index (κ2) is 6.93. The summed E-state index contributed by atoms with van der Waals surface area (Å²) in [5, 5.41) is 3.28. The molecule has 0 saturated heterocycles. The summed E-state index contributed by atoms with van der Waals surface area (Å²) in [5.74, 6) is 2.15. The second-order valence-corrected chi connectivity index (χ2v) is 4.85. The van der Waals surface area contributed by atoms with Gasteiger partial charge in [-0.05, 0) is 32.4 Å². The van der Waals surface area contributed by atoms with Crippen LogP contribution in [-0.2, 0) is 6.42 Å². The molecule has 0 aliphatic rings. The Bertz CT molecular complexity index is 526. The Hall–Kier alpha value is -2.04. The van der Waals surface area contributed by atoms with Gasteiger partial charge < -0.3 is 14.5 Å². The maximum absolute atomic E-state index is 5.55. The zero-order valence-electron chi connectivity index (χ0n) is 12.2. The molecule has 108 valence electrons. The van der Waals surface area contributed by atoms with Gasteiger partial charge in [-0.2, -0.15) is 4.98 Å². The van der Waals surface area contributed by atoms with Crippen LogP contribution in [0.25, 0.3) is 0 Å². The van der Waals surface area contributed by atoms with Crippen molar-refractivity contribution in [2.75, 3.05) is 11.9 Å². The number of aryl methyl sites for hydroxylation is 1. The number of hydrogen-bond acceptors (Lipinski definition) is 5. The highest BCUT2D eigenvalue weighted by atomic mass is 16.5. The maximum Gasteiger partial charge on any atom is 0.226 e. The van der Waals surface area contributed by atoms with Crippen molar-refractivity contribution in [2.24, 2.45) is 0 Å². The van der Waals surface area contributed by atoms with Crippen LogP contribution in [0.15, 0.2) is 28.9 Å². The molecule has 0 aliphatic carbocycles. The summed E-state index contributed by atoms with van der Waals surface area (Å²) in [6.45, 7) is 6.74. The molecule has 2 aromatic heterocycles. The van der Waals surface area contributed by atoms with E-state index in [1.54, 1.807) is 6.26 Å². The van der Waals surface area contributed by atoms with Crippen LogP contribution in [0.3, 0.4) is 0 Å². The normalized spacial score (nSPS) is 12.2. The summed E-state index contributed by atoms with van der Waals surface area (Å²) < 4.78 is 10.9. The van der Waals surface area contributed by atoms with E-state index in [2.05, 4.69) is 29.1 Å². The van der Waals surface area contributed by atoms with Gasteiger partial charge in [-0.25, -0.2) is 4.98 Å². The van der Waals surface area contributed by atoms with Crippen molar-refractivity contribution < 1.29 is 9.15 Å². The van der Waals surface area contributed by atoms with Crippen LogP contribution in [0.4, 0.5) is 5.95 Å². The molecule has 0 fully saturated rings. The second-order valence-electron chi connectivity index (χ2n) is 4.85. The number of anilines is 1. The first-order valence-electron chi connectivity index (χ1n) is 6.94. The summed E-state index contributed by atoms with van der Waals surface area (Å²) in [7, 11) is 0. The van der Waals surface area contributed by atoms with Crippen LogP contribution in [0, 0.1) is 6.92 Å². The minimum atomic E-state index is 0.182. The Morgan fingerprint density at radius 1 is 1.40 bits per heavy atom. The Labute approximate surface area is 119 Å². The van der Waals surface area contributed by atoms with Crippen LogP contribution in [-0.4, -0.2) is 22.6 Å². The molecule has 20 heavy (non-hydrogen) atoms. The lowest BCUT2D eigenvalue weighted by Crippen LogP contribution is -2.20. The van der Waals surface area contributed by atoms with Gasteiger partial charge >= 0.3 is 0 Å². The number of rotatable bonds is 7. The van der Waals surface area contributed by atoms with E-state index < -0.39 is 0 Å². The van der Waals surface area contributed by atoms with Gasteiger partial charge in [0, 0.05) is 24.2 Å². The summed E-state index contributed by atoms with van der Waals surface area (Å²) in [4.78, 5) is 8.74. The monoisotopic (exact) mass is 275 g/mol. The first kappa shape index (κ1) is 14.4. The van der Waals surface area contributed by atoms with Gasteiger partial charge in [0.1, 0.15) is 5.76 Å². The van der Waals surface area contributed by atoms with Crippen molar-refractivity contribution in [1.29, 1.82) is 0 Å². The van der Waals surface area contributed by atoms with Crippen molar-refractivity contribution in [3.8, 4) is 5.88 Å². The number of aromatic nitrogens is 2. The third-order valence-electron chi connectivity index (χ3n) is 2.75. The van der Waals surface area contributed by atoms with E-state index in [-0.39, 0.29) is 6.04 Å². The largest absolute Gasteiger partial charge is 0.478 e. The summed E-state index contributed by atoms with van der Waals surface area (Å²) >= 11 is 0. The summed E-state index contributed by atoms with van der Waals surface area (Å²) in [6.07, 6.45) is 3.43. The lowest BCUT2D eigenvalue weighted by atomic mass is 10.2. The average Bonchev–Trinajstić information content (AvgIpc) is 2.88. The molecule has 0 aliphatic heterocycles. The van der Waals surface area contributed by atoms with E-state index in [0.717, 1.165) is 24.3 Å². The number of hydrogen-bond donors (Lipinski definition) is 1. The van der Waals surface area contributed by atoms with E-state index in [4.69, 9.17) is 9.15 Å². The molecule has 1 atom stereocenters. The molecule has 2 heterocycles. The van der Waals surface area contributed by atoms with Crippen LogP contribution in [0.2, 0.25) is 0 Å². The third-order valence-corrected chi connectivity index (χ3v) is 2.75. The first-order valence-corrected chi connectivity index (χ1v) is 6.94. The van der Waals surface area contributed by atoms with E-state index in [1.165, 1.54) is 0 Å². The molecule has 5 nitrogen and oxygen atoms in total. The SMILES string of the molecule is CCCOc1cc(C)nc(NC(C)Cc2ccco2)n1. The van der Waals surface area contributed by atoms with Crippen molar-refractivity contribution in [1.82, 2.24) is 9.97 Å². The highest BCUT2D eigenvalue weighted by Gasteiger charge is 2.09. The van der Waals surface area contributed by atoms with Crippen molar-refractivity contribution in [2.45, 2.75) is 39.7 Å². The molecule has 1 unspecified atom stereocenters. The molecule has 0 spiro atoms. The maximum atomic E-state index is 5.55. The third kappa shape index (κ3) is 4.26. The van der Waals surface area contributed by atoms with Crippen LogP contribution >= 0.6 is 0 Å². The molecular weight excluding hydrogens is 254 g/mol. The van der Waals surface area contributed by atoms with E-state index >= 15 is 0 Å². The molecule has 0 radical (unpaired) electrons. The minimum absolute atomic E-state index is 0.182. The lowest BCUT2D eigenvalue weighted by Gasteiger charge is -2.14. The first-order chi connectivity index (χ1) is 9.67. The minimum Gasteiger partial charge on any atom is -0.478 e. The van der Waals surface area contributed by atoms with Gasteiger partial charge in [-0.1, -0.05) is 6.92 Å². The number of ether oxygens (including phenoxy) is 1. The number of nitrogens with zero attached hydrogens (tertiary/aromatic N) is 2. The van der Waals surface area contributed by atoms with E-state index in [0.29, 0.717) is 18.4 Å². The molecular formula is C15H21N3O2. The molecule has 1 N–H and O–H groups in total. The van der Waals surface area contributed by atoms with Gasteiger partial charge in [0.05, 0.1) is 12.9 Å². The quantitative estimate of drug-likeness (QED) is 0.840.